The fourth-order valence-electron chi connectivity index (χ4n) is 2.21. The molecule has 0 radical (unpaired) electrons. The number of likely N-dealkylation sites (tertiary alicyclic amines) is 1. The van der Waals surface area contributed by atoms with E-state index in [1.165, 1.54) is 0 Å². The minimum Gasteiger partial charge on any atom is -0.350 e. The molecule has 0 bridgehead atoms. The van der Waals surface area contributed by atoms with Crippen LogP contribution in [0.5, 0.6) is 0 Å². The van der Waals surface area contributed by atoms with E-state index >= 15 is 0 Å². The number of carbonyl (C=O) groups is 2. The summed E-state index contributed by atoms with van der Waals surface area (Å²) < 4.78 is 0. The van der Waals surface area contributed by atoms with Gasteiger partial charge in [-0.25, -0.2) is 0 Å². The van der Waals surface area contributed by atoms with E-state index in [1.807, 2.05) is 34.6 Å². The van der Waals surface area contributed by atoms with Gasteiger partial charge in [0.25, 0.3) is 0 Å². The van der Waals surface area contributed by atoms with E-state index in [4.69, 9.17) is 0 Å². The summed E-state index contributed by atoms with van der Waals surface area (Å²) in [6.07, 6.45) is 1.44. The molecule has 0 aromatic heterocycles. The van der Waals surface area contributed by atoms with Crippen LogP contribution in [-0.4, -0.2) is 34.8 Å². The van der Waals surface area contributed by atoms with Gasteiger partial charge in [-0.1, -0.05) is 13.8 Å². The molecule has 0 spiro atoms. The van der Waals surface area contributed by atoms with Crippen molar-refractivity contribution in [2.24, 2.45) is 5.92 Å². The quantitative estimate of drug-likeness (QED) is 0.813. The lowest BCUT2D eigenvalue weighted by molar-refractivity contribution is -0.139. The molecule has 0 aromatic rings. The number of nitrogens with zero attached hydrogens (tertiary/aromatic N) is 1. The maximum atomic E-state index is 12.2. The average Bonchev–Trinajstić information content (AvgIpc) is 2.48. The van der Waals surface area contributed by atoms with Gasteiger partial charge in [0.05, 0.1) is 0 Å². The van der Waals surface area contributed by atoms with Gasteiger partial charge >= 0.3 is 0 Å². The molecule has 4 heteroatoms. The van der Waals surface area contributed by atoms with Crippen molar-refractivity contribution in [3.05, 3.63) is 0 Å². The SMILES string of the molecule is CC(C)C(C(=O)NC(C)(C)C)N1CCCC1=O. The van der Waals surface area contributed by atoms with Crippen LogP contribution in [-0.2, 0) is 9.59 Å². The molecule has 17 heavy (non-hydrogen) atoms. The molecule has 1 aliphatic heterocycles. The number of nitrogens with one attached hydrogen (secondary N) is 1. The van der Waals surface area contributed by atoms with E-state index in [0.29, 0.717) is 13.0 Å². The first kappa shape index (κ1) is 14.0. The molecule has 0 aliphatic carbocycles. The highest BCUT2D eigenvalue weighted by molar-refractivity contribution is 5.89. The second-order valence-corrected chi connectivity index (χ2v) is 6.12. The van der Waals surface area contributed by atoms with Crippen molar-refractivity contribution >= 4 is 11.8 Å². The predicted molar refractivity (Wildman–Crippen MR) is 67.5 cm³/mol. The monoisotopic (exact) mass is 240 g/mol. The van der Waals surface area contributed by atoms with E-state index in [1.54, 1.807) is 4.90 Å². The van der Waals surface area contributed by atoms with Gasteiger partial charge in [0, 0.05) is 18.5 Å². The first-order chi connectivity index (χ1) is 7.72. The van der Waals surface area contributed by atoms with E-state index < -0.39 is 0 Å². The molecule has 1 unspecified atom stereocenters. The van der Waals surface area contributed by atoms with Crippen LogP contribution in [0.4, 0.5) is 0 Å². The fraction of sp³-hybridized carbons (Fsp3) is 0.846. The Morgan fingerprint density at radius 1 is 1.35 bits per heavy atom. The first-order valence-corrected chi connectivity index (χ1v) is 6.34. The van der Waals surface area contributed by atoms with Crippen LogP contribution in [0, 0.1) is 5.92 Å². The van der Waals surface area contributed by atoms with Crippen molar-refractivity contribution in [1.29, 1.82) is 0 Å². The minimum absolute atomic E-state index is 0.0391. The smallest absolute Gasteiger partial charge is 0.243 e. The fourth-order valence-corrected chi connectivity index (χ4v) is 2.21. The third-order valence-electron chi connectivity index (χ3n) is 2.84. The maximum absolute atomic E-state index is 12.2. The van der Waals surface area contributed by atoms with Crippen LogP contribution in [0.1, 0.15) is 47.5 Å². The van der Waals surface area contributed by atoms with Crippen LogP contribution >= 0.6 is 0 Å². The van der Waals surface area contributed by atoms with Gasteiger partial charge in [0.1, 0.15) is 6.04 Å². The van der Waals surface area contributed by atoms with Gasteiger partial charge in [0.2, 0.25) is 11.8 Å². The molecule has 2 amide bonds. The lowest BCUT2D eigenvalue weighted by Gasteiger charge is -2.32. The number of hydrogen-bond donors (Lipinski definition) is 1. The standard InChI is InChI=1S/C13H24N2O2/c1-9(2)11(12(17)14-13(3,4)5)15-8-6-7-10(15)16/h9,11H,6-8H2,1-5H3,(H,14,17). The Morgan fingerprint density at radius 2 is 1.94 bits per heavy atom. The number of rotatable bonds is 3. The Balaban J connectivity index is 2.79. The summed E-state index contributed by atoms with van der Waals surface area (Å²) in [5, 5.41) is 2.97. The lowest BCUT2D eigenvalue weighted by atomic mass is 10.00. The summed E-state index contributed by atoms with van der Waals surface area (Å²) in [5.41, 5.74) is -0.257. The molecule has 1 N–H and O–H groups in total. The van der Waals surface area contributed by atoms with Crippen molar-refractivity contribution in [1.82, 2.24) is 10.2 Å². The van der Waals surface area contributed by atoms with Crippen LogP contribution < -0.4 is 5.32 Å². The van der Waals surface area contributed by atoms with Crippen molar-refractivity contribution in [2.75, 3.05) is 6.54 Å². The molecule has 4 nitrogen and oxygen atoms in total. The average molecular weight is 240 g/mol. The molecule has 98 valence electrons. The van der Waals surface area contributed by atoms with Gasteiger partial charge in [-0.3, -0.25) is 9.59 Å². The predicted octanol–water partition coefficient (Wildman–Crippen LogP) is 1.55. The normalized spacial score (nSPS) is 18.7. The largest absolute Gasteiger partial charge is 0.350 e. The third-order valence-corrected chi connectivity index (χ3v) is 2.84. The van der Waals surface area contributed by atoms with Gasteiger partial charge in [0.15, 0.2) is 0 Å². The molecular formula is C13H24N2O2. The summed E-state index contributed by atoms with van der Waals surface area (Å²) in [6.45, 7) is 10.5. The topological polar surface area (TPSA) is 49.4 Å². The van der Waals surface area contributed by atoms with Gasteiger partial charge < -0.3 is 10.2 Å². The van der Waals surface area contributed by atoms with E-state index in [9.17, 15) is 9.59 Å². The van der Waals surface area contributed by atoms with Crippen LogP contribution in [0.2, 0.25) is 0 Å². The third kappa shape index (κ3) is 3.72. The van der Waals surface area contributed by atoms with Crippen LogP contribution in [0.3, 0.4) is 0 Å². The van der Waals surface area contributed by atoms with E-state index in [0.717, 1.165) is 6.42 Å². The van der Waals surface area contributed by atoms with Crippen LogP contribution in [0.15, 0.2) is 0 Å². The molecule has 1 atom stereocenters. The van der Waals surface area contributed by atoms with E-state index in [-0.39, 0.29) is 29.3 Å². The zero-order chi connectivity index (χ0) is 13.2. The Bertz CT molecular complexity index is 305. The second kappa shape index (κ2) is 5.07. The van der Waals surface area contributed by atoms with Crippen molar-refractivity contribution in [3.8, 4) is 0 Å². The molecule has 1 aliphatic rings. The first-order valence-electron chi connectivity index (χ1n) is 6.34. The Morgan fingerprint density at radius 3 is 2.29 bits per heavy atom. The lowest BCUT2D eigenvalue weighted by Crippen LogP contribution is -2.54. The number of amides is 2. The highest BCUT2D eigenvalue weighted by atomic mass is 16.2. The molecule has 0 aromatic carbocycles. The van der Waals surface area contributed by atoms with Crippen molar-refractivity contribution in [2.45, 2.75) is 59.0 Å². The summed E-state index contributed by atoms with van der Waals surface area (Å²) in [4.78, 5) is 25.7. The van der Waals surface area contributed by atoms with Crippen molar-refractivity contribution in [3.63, 3.8) is 0 Å². The molecule has 1 rings (SSSR count). The molecule has 1 fully saturated rings. The van der Waals surface area contributed by atoms with Gasteiger partial charge in [-0.2, -0.15) is 0 Å². The number of hydrogen-bond acceptors (Lipinski definition) is 2. The zero-order valence-corrected chi connectivity index (χ0v) is 11.5. The highest BCUT2D eigenvalue weighted by Crippen LogP contribution is 2.20. The van der Waals surface area contributed by atoms with Gasteiger partial charge in [-0.05, 0) is 33.1 Å². The molecule has 1 saturated heterocycles. The molecular weight excluding hydrogens is 216 g/mol. The van der Waals surface area contributed by atoms with Crippen molar-refractivity contribution < 1.29 is 9.59 Å². The Labute approximate surface area is 104 Å². The molecule has 0 saturated carbocycles. The highest BCUT2D eigenvalue weighted by Gasteiger charge is 2.35. The zero-order valence-electron chi connectivity index (χ0n) is 11.5. The second-order valence-electron chi connectivity index (χ2n) is 6.12. The Kier molecular flexibility index (Phi) is 4.17. The van der Waals surface area contributed by atoms with E-state index in [2.05, 4.69) is 5.32 Å². The molecule has 1 heterocycles. The summed E-state index contributed by atoms with van der Waals surface area (Å²) in [7, 11) is 0. The summed E-state index contributed by atoms with van der Waals surface area (Å²) >= 11 is 0. The number of carbonyl (C=O) groups excluding carboxylic acids is 2. The maximum Gasteiger partial charge on any atom is 0.243 e. The Hall–Kier alpha value is -1.06. The van der Waals surface area contributed by atoms with Gasteiger partial charge in [-0.15, -0.1) is 0 Å². The van der Waals surface area contributed by atoms with Crippen LogP contribution in [0.25, 0.3) is 0 Å². The minimum atomic E-state index is -0.329. The summed E-state index contributed by atoms with van der Waals surface area (Å²) in [6, 6.07) is -0.329. The summed E-state index contributed by atoms with van der Waals surface area (Å²) in [5.74, 6) is 0.204.